The van der Waals surface area contributed by atoms with Gasteiger partial charge in [0, 0.05) is 10.5 Å². The minimum Gasteiger partial charge on any atom is -0.486 e. The lowest BCUT2D eigenvalue weighted by Crippen LogP contribution is -2.18. The Bertz CT molecular complexity index is 663. The summed E-state index contributed by atoms with van der Waals surface area (Å²) in [6.07, 6.45) is 0.422. The van der Waals surface area contributed by atoms with Crippen LogP contribution in [-0.4, -0.2) is 13.2 Å². The van der Waals surface area contributed by atoms with E-state index in [0.717, 1.165) is 10.0 Å². The van der Waals surface area contributed by atoms with Crippen molar-refractivity contribution in [3.05, 3.63) is 57.8 Å². The monoisotopic (exact) mass is 351 g/mol. The molecule has 0 radical (unpaired) electrons. The van der Waals surface area contributed by atoms with Crippen LogP contribution in [0, 0.1) is 5.82 Å². The van der Waals surface area contributed by atoms with Gasteiger partial charge in [0.2, 0.25) is 0 Å². The number of benzene rings is 2. The standard InChI is InChI=1S/C16H15BrFNO2/c17-12-9-16-15(20-5-6-21-16)8-11(12)14(19)7-10-3-1-2-4-13(10)18/h1-4,8-9,14H,5-7,19H2. The Balaban J connectivity index is 1.87. The largest absolute Gasteiger partial charge is 0.486 e. The van der Waals surface area contributed by atoms with Crippen molar-refractivity contribution in [2.75, 3.05) is 13.2 Å². The molecule has 0 fully saturated rings. The van der Waals surface area contributed by atoms with Gasteiger partial charge in [0.25, 0.3) is 0 Å². The van der Waals surface area contributed by atoms with E-state index in [4.69, 9.17) is 15.2 Å². The van der Waals surface area contributed by atoms with Crippen LogP contribution < -0.4 is 15.2 Å². The summed E-state index contributed by atoms with van der Waals surface area (Å²) < 4.78 is 25.7. The highest BCUT2D eigenvalue weighted by Crippen LogP contribution is 2.38. The molecule has 0 aromatic heterocycles. The number of halogens is 2. The number of fused-ring (bicyclic) bond motifs is 1. The second-order valence-electron chi connectivity index (χ2n) is 4.92. The van der Waals surface area contributed by atoms with E-state index in [-0.39, 0.29) is 11.9 Å². The van der Waals surface area contributed by atoms with Crippen LogP contribution in [0.1, 0.15) is 17.2 Å². The van der Waals surface area contributed by atoms with Crippen molar-refractivity contribution in [1.82, 2.24) is 0 Å². The molecule has 0 saturated carbocycles. The SMILES string of the molecule is NC(Cc1ccccc1F)c1cc2c(cc1Br)OCCO2. The number of nitrogens with two attached hydrogens (primary N) is 1. The van der Waals surface area contributed by atoms with E-state index < -0.39 is 0 Å². The molecule has 3 nitrogen and oxygen atoms in total. The fourth-order valence-electron chi connectivity index (χ4n) is 2.37. The first-order valence-corrected chi connectivity index (χ1v) is 7.52. The Morgan fingerprint density at radius 3 is 2.52 bits per heavy atom. The van der Waals surface area contributed by atoms with Gasteiger partial charge in [0.05, 0.1) is 0 Å². The molecule has 110 valence electrons. The summed E-state index contributed by atoms with van der Waals surface area (Å²) in [7, 11) is 0. The summed E-state index contributed by atoms with van der Waals surface area (Å²) >= 11 is 3.50. The van der Waals surface area contributed by atoms with Gasteiger partial charge >= 0.3 is 0 Å². The molecule has 2 aromatic carbocycles. The van der Waals surface area contributed by atoms with Crippen molar-refractivity contribution in [1.29, 1.82) is 0 Å². The second kappa shape index (κ2) is 6.03. The maximum Gasteiger partial charge on any atom is 0.162 e. The quantitative estimate of drug-likeness (QED) is 0.918. The molecule has 2 N–H and O–H groups in total. The van der Waals surface area contributed by atoms with Crippen molar-refractivity contribution in [3.63, 3.8) is 0 Å². The van der Waals surface area contributed by atoms with Gasteiger partial charge in [-0.15, -0.1) is 0 Å². The van der Waals surface area contributed by atoms with E-state index in [1.165, 1.54) is 6.07 Å². The fourth-order valence-corrected chi connectivity index (χ4v) is 2.99. The van der Waals surface area contributed by atoms with Crippen LogP contribution in [0.2, 0.25) is 0 Å². The summed E-state index contributed by atoms with van der Waals surface area (Å²) in [6.45, 7) is 1.07. The zero-order chi connectivity index (χ0) is 14.8. The fraction of sp³-hybridized carbons (Fsp3) is 0.250. The molecule has 0 bridgehead atoms. The zero-order valence-corrected chi connectivity index (χ0v) is 12.9. The van der Waals surface area contributed by atoms with Gasteiger partial charge in [-0.1, -0.05) is 34.1 Å². The van der Waals surface area contributed by atoms with Crippen molar-refractivity contribution in [3.8, 4) is 11.5 Å². The number of hydrogen-bond acceptors (Lipinski definition) is 3. The highest BCUT2D eigenvalue weighted by Gasteiger charge is 2.19. The van der Waals surface area contributed by atoms with Gasteiger partial charge in [-0.25, -0.2) is 4.39 Å². The summed E-state index contributed by atoms with van der Waals surface area (Å²) in [5, 5.41) is 0. The first kappa shape index (κ1) is 14.4. The second-order valence-corrected chi connectivity index (χ2v) is 5.77. The molecular formula is C16H15BrFNO2. The van der Waals surface area contributed by atoms with Crippen LogP contribution in [0.25, 0.3) is 0 Å². The predicted octanol–water partition coefficient (Wildman–Crippen LogP) is 3.60. The topological polar surface area (TPSA) is 44.5 Å². The Morgan fingerprint density at radius 1 is 1.14 bits per heavy atom. The van der Waals surface area contributed by atoms with E-state index in [9.17, 15) is 4.39 Å². The molecule has 1 unspecified atom stereocenters. The van der Waals surface area contributed by atoms with E-state index in [1.54, 1.807) is 12.1 Å². The third-order valence-corrected chi connectivity index (χ3v) is 4.15. The van der Waals surface area contributed by atoms with Gasteiger partial charge in [0.1, 0.15) is 19.0 Å². The van der Waals surface area contributed by atoms with Crippen LogP contribution in [-0.2, 0) is 6.42 Å². The Morgan fingerprint density at radius 2 is 1.81 bits per heavy atom. The molecule has 1 aliphatic heterocycles. The minimum absolute atomic E-state index is 0.235. The van der Waals surface area contributed by atoms with Crippen LogP contribution in [0.5, 0.6) is 11.5 Å². The minimum atomic E-state index is -0.327. The molecule has 0 aliphatic carbocycles. The van der Waals surface area contributed by atoms with E-state index >= 15 is 0 Å². The van der Waals surface area contributed by atoms with E-state index in [1.807, 2.05) is 18.2 Å². The number of rotatable bonds is 3. The summed E-state index contributed by atoms with van der Waals surface area (Å²) in [6, 6.07) is 10.1. The van der Waals surface area contributed by atoms with Crippen LogP contribution >= 0.6 is 15.9 Å². The highest BCUT2D eigenvalue weighted by atomic mass is 79.9. The van der Waals surface area contributed by atoms with Crippen LogP contribution in [0.4, 0.5) is 4.39 Å². The molecule has 0 spiro atoms. The summed E-state index contributed by atoms with van der Waals surface area (Å²) in [4.78, 5) is 0. The van der Waals surface area contributed by atoms with Crippen molar-refractivity contribution in [2.24, 2.45) is 5.73 Å². The highest BCUT2D eigenvalue weighted by molar-refractivity contribution is 9.10. The van der Waals surface area contributed by atoms with Gasteiger partial charge in [0.15, 0.2) is 11.5 Å². The molecule has 2 aromatic rings. The maximum atomic E-state index is 13.7. The molecular weight excluding hydrogens is 337 g/mol. The Hall–Kier alpha value is -1.59. The summed E-state index contributed by atoms with van der Waals surface area (Å²) in [5.74, 6) is 1.15. The van der Waals surface area contributed by atoms with E-state index in [2.05, 4.69) is 15.9 Å². The maximum absolute atomic E-state index is 13.7. The smallest absolute Gasteiger partial charge is 0.162 e. The third kappa shape index (κ3) is 3.04. The molecule has 1 atom stereocenters. The first-order valence-electron chi connectivity index (χ1n) is 6.73. The van der Waals surface area contributed by atoms with Crippen LogP contribution in [0.15, 0.2) is 40.9 Å². The Kier molecular flexibility index (Phi) is 4.12. The molecule has 0 saturated heterocycles. The average Bonchev–Trinajstić information content (AvgIpc) is 2.49. The van der Waals surface area contributed by atoms with Crippen LogP contribution in [0.3, 0.4) is 0 Å². The Labute approximate surface area is 131 Å². The number of hydrogen-bond donors (Lipinski definition) is 1. The molecule has 1 aliphatic rings. The third-order valence-electron chi connectivity index (χ3n) is 3.46. The molecule has 1 heterocycles. The molecule has 3 rings (SSSR count). The van der Waals surface area contributed by atoms with Gasteiger partial charge in [-0.05, 0) is 35.7 Å². The molecule has 5 heteroatoms. The molecule has 0 amide bonds. The van der Waals surface area contributed by atoms with Gasteiger partial charge < -0.3 is 15.2 Å². The zero-order valence-electron chi connectivity index (χ0n) is 11.3. The average molecular weight is 352 g/mol. The van der Waals surface area contributed by atoms with Gasteiger partial charge in [-0.3, -0.25) is 0 Å². The van der Waals surface area contributed by atoms with Crippen molar-refractivity contribution in [2.45, 2.75) is 12.5 Å². The van der Waals surface area contributed by atoms with Crippen molar-refractivity contribution < 1.29 is 13.9 Å². The summed E-state index contributed by atoms with van der Waals surface area (Å²) in [5.41, 5.74) is 7.72. The normalized spacial score (nSPS) is 14.8. The lowest BCUT2D eigenvalue weighted by Gasteiger charge is -2.22. The lowest BCUT2D eigenvalue weighted by atomic mass is 9.99. The first-order chi connectivity index (χ1) is 10.1. The van der Waals surface area contributed by atoms with E-state index in [0.29, 0.717) is 36.7 Å². The predicted molar refractivity (Wildman–Crippen MR) is 82.2 cm³/mol. The van der Waals surface area contributed by atoms with Gasteiger partial charge in [-0.2, -0.15) is 0 Å². The number of ether oxygens (including phenoxy) is 2. The lowest BCUT2D eigenvalue weighted by molar-refractivity contribution is 0.171. The van der Waals surface area contributed by atoms with Crippen molar-refractivity contribution >= 4 is 15.9 Å². The molecule has 21 heavy (non-hydrogen) atoms.